The Labute approximate surface area is 102 Å². The predicted octanol–water partition coefficient (Wildman–Crippen LogP) is 0.822. The van der Waals surface area contributed by atoms with Crippen LogP contribution in [-0.2, 0) is 9.59 Å². The maximum atomic E-state index is 12.1. The van der Waals surface area contributed by atoms with Gasteiger partial charge in [0.25, 0.3) is 0 Å². The van der Waals surface area contributed by atoms with Crippen molar-refractivity contribution in [2.45, 2.75) is 45.2 Å². The molecule has 0 saturated carbocycles. The Morgan fingerprint density at radius 1 is 1.56 bits per heavy atom. The van der Waals surface area contributed by atoms with Gasteiger partial charge in [0, 0.05) is 25.3 Å². The number of hydrogen-bond donors (Lipinski definition) is 2. The number of nitrogens with zero attached hydrogens (tertiary/aromatic N) is 1. The van der Waals surface area contributed by atoms with E-state index >= 15 is 0 Å². The van der Waals surface area contributed by atoms with Gasteiger partial charge < -0.3 is 10.2 Å². The molecule has 0 aliphatic carbocycles. The number of hydrogen-bond acceptors (Lipinski definition) is 3. The highest BCUT2D eigenvalue weighted by Gasteiger charge is 2.31. The van der Waals surface area contributed by atoms with Crippen molar-refractivity contribution in [3.8, 4) is 0 Å². The lowest BCUT2D eigenvalue weighted by Crippen LogP contribution is -2.50. The van der Waals surface area contributed by atoms with Gasteiger partial charge in [0.05, 0.1) is 0 Å². The first-order chi connectivity index (χ1) is 7.60. The monoisotopic (exact) mass is 244 g/mol. The Hall–Kier alpha value is -0.710. The number of amides is 2. The molecule has 1 heterocycles. The molecule has 0 spiro atoms. The largest absolute Gasteiger partial charge is 0.344 e. The normalized spacial score (nSPS) is 21.9. The zero-order valence-electron chi connectivity index (χ0n) is 9.90. The van der Waals surface area contributed by atoms with Gasteiger partial charge in [0.15, 0.2) is 0 Å². The first-order valence-electron chi connectivity index (χ1n) is 5.78. The molecule has 1 fully saturated rings. The molecule has 16 heavy (non-hydrogen) atoms. The summed E-state index contributed by atoms with van der Waals surface area (Å²) < 4.78 is 0. The third-order valence-corrected chi connectivity index (χ3v) is 3.35. The molecule has 1 rings (SSSR count). The first-order valence-corrected chi connectivity index (χ1v) is 6.41. The maximum absolute atomic E-state index is 12.1. The summed E-state index contributed by atoms with van der Waals surface area (Å²) in [5, 5.41) is 2.64. The van der Waals surface area contributed by atoms with Crippen molar-refractivity contribution in [2.75, 3.05) is 12.3 Å². The van der Waals surface area contributed by atoms with Gasteiger partial charge in [-0.3, -0.25) is 9.59 Å². The lowest BCUT2D eigenvalue weighted by atomic mass is 10.1. The molecule has 0 radical (unpaired) electrons. The minimum Gasteiger partial charge on any atom is -0.344 e. The molecule has 0 bridgehead atoms. The van der Waals surface area contributed by atoms with Crippen LogP contribution in [0.5, 0.6) is 0 Å². The SMILES string of the molecule is CCC1CCCN1C(=O)C(CS)NC(C)=O. The second-order valence-corrected chi connectivity index (χ2v) is 4.54. The van der Waals surface area contributed by atoms with E-state index in [1.807, 2.05) is 4.90 Å². The van der Waals surface area contributed by atoms with Crippen LogP contribution in [0.4, 0.5) is 0 Å². The lowest BCUT2D eigenvalue weighted by molar-refractivity contribution is -0.136. The van der Waals surface area contributed by atoms with Crippen molar-refractivity contribution in [1.29, 1.82) is 0 Å². The number of nitrogens with one attached hydrogen (secondary N) is 1. The second kappa shape index (κ2) is 6.13. The Balaban J connectivity index is 2.63. The molecule has 2 unspecified atom stereocenters. The van der Waals surface area contributed by atoms with Crippen molar-refractivity contribution in [2.24, 2.45) is 0 Å². The molecule has 5 heteroatoms. The number of rotatable bonds is 4. The molecule has 2 amide bonds. The summed E-state index contributed by atoms with van der Waals surface area (Å²) in [6.45, 7) is 4.32. The molecule has 1 aliphatic rings. The van der Waals surface area contributed by atoms with Gasteiger partial charge in [0.2, 0.25) is 11.8 Å². The van der Waals surface area contributed by atoms with Gasteiger partial charge in [-0.05, 0) is 19.3 Å². The fraction of sp³-hybridized carbons (Fsp3) is 0.818. The van der Waals surface area contributed by atoms with E-state index in [0.29, 0.717) is 11.8 Å². The quantitative estimate of drug-likeness (QED) is 0.719. The van der Waals surface area contributed by atoms with Crippen LogP contribution < -0.4 is 5.32 Å². The standard InChI is InChI=1S/C11H20N2O2S/c1-3-9-5-4-6-13(9)11(15)10(7-16)12-8(2)14/h9-10,16H,3-7H2,1-2H3,(H,12,14). The average Bonchev–Trinajstić information content (AvgIpc) is 2.72. The highest BCUT2D eigenvalue weighted by atomic mass is 32.1. The maximum Gasteiger partial charge on any atom is 0.246 e. The topological polar surface area (TPSA) is 49.4 Å². The smallest absolute Gasteiger partial charge is 0.246 e. The number of carbonyl (C=O) groups excluding carboxylic acids is 2. The molecule has 0 aromatic rings. The van der Waals surface area contributed by atoms with Crippen LogP contribution in [0.1, 0.15) is 33.1 Å². The van der Waals surface area contributed by atoms with Crippen LogP contribution in [0.2, 0.25) is 0 Å². The van der Waals surface area contributed by atoms with Crippen molar-refractivity contribution < 1.29 is 9.59 Å². The highest BCUT2D eigenvalue weighted by molar-refractivity contribution is 7.80. The van der Waals surface area contributed by atoms with Crippen LogP contribution in [0.15, 0.2) is 0 Å². The van der Waals surface area contributed by atoms with Gasteiger partial charge in [-0.2, -0.15) is 12.6 Å². The van der Waals surface area contributed by atoms with Crippen LogP contribution >= 0.6 is 12.6 Å². The molecule has 1 aliphatic heterocycles. The van der Waals surface area contributed by atoms with Crippen molar-refractivity contribution in [1.82, 2.24) is 10.2 Å². The van der Waals surface area contributed by atoms with Crippen molar-refractivity contribution in [3.05, 3.63) is 0 Å². The zero-order valence-corrected chi connectivity index (χ0v) is 10.8. The second-order valence-electron chi connectivity index (χ2n) is 4.17. The number of carbonyl (C=O) groups is 2. The molecule has 4 nitrogen and oxygen atoms in total. The van der Waals surface area contributed by atoms with Gasteiger partial charge in [0.1, 0.15) is 6.04 Å². The van der Waals surface area contributed by atoms with Gasteiger partial charge in [-0.25, -0.2) is 0 Å². The molecule has 92 valence electrons. The fourth-order valence-electron chi connectivity index (χ4n) is 2.18. The summed E-state index contributed by atoms with van der Waals surface area (Å²) in [6.07, 6.45) is 3.11. The van der Waals surface area contributed by atoms with E-state index in [-0.39, 0.29) is 11.8 Å². The summed E-state index contributed by atoms with van der Waals surface area (Å²) in [6, 6.07) is -0.142. The van der Waals surface area contributed by atoms with E-state index < -0.39 is 6.04 Å². The summed E-state index contributed by atoms with van der Waals surface area (Å²) >= 11 is 4.12. The summed E-state index contributed by atoms with van der Waals surface area (Å²) in [7, 11) is 0. The first kappa shape index (κ1) is 13.4. The lowest BCUT2D eigenvalue weighted by Gasteiger charge is -2.27. The number of likely N-dealkylation sites (tertiary alicyclic amines) is 1. The minimum absolute atomic E-state index is 0.00884. The summed E-state index contributed by atoms with van der Waals surface area (Å²) in [5.74, 6) is 0.180. The Morgan fingerprint density at radius 3 is 2.75 bits per heavy atom. The van der Waals surface area contributed by atoms with Crippen LogP contribution in [0, 0.1) is 0 Å². The van der Waals surface area contributed by atoms with E-state index in [9.17, 15) is 9.59 Å². The minimum atomic E-state index is -0.479. The Bertz CT molecular complexity index is 271. The van der Waals surface area contributed by atoms with E-state index in [1.54, 1.807) is 0 Å². The molecule has 1 N–H and O–H groups in total. The molecular weight excluding hydrogens is 224 g/mol. The highest BCUT2D eigenvalue weighted by Crippen LogP contribution is 2.20. The predicted molar refractivity (Wildman–Crippen MR) is 66.5 cm³/mol. The average molecular weight is 244 g/mol. The molecule has 1 saturated heterocycles. The van der Waals surface area contributed by atoms with Crippen molar-refractivity contribution >= 4 is 24.4 Å². The van der Waals surface area contributed by atoms with E-state index in [1.165, 1.54) is 6.92 Å². The molecule has 0 aromatic heterocycles. The molecular formula is C11H20N2O2S. The molecule has 2 atom stereocenters. The molecule has 0 aromatic carbocycles. The van der Waals surface area contributed by atoms with Crippen LogP contribution in [0.3, 0.4) is 0 Å². The van der Waals surface area contributed by atoms with Gasteiger partial charge in [-0.1, -0.05) is 6.92 Å². The Kier molecular flexibility index (Phi) is 5.12. The van der Waals surface area contributed by atoms with Crippen LogP contribution in [0.25, 0.3) is 0 Å². The summed E-state index contributed by atoms with van der Waals surface area (Å²) in [5.41, 5.74) is 0. The number of thiol groups is 1. The Morgan fingerprint density at radius 2 is 2.25 bits per heavy atom. The van der Waals surface area contributed by atoms with E-state index in [4.69, 9.17) is 0 Å². The van der Waals surface area contributed by atoms with Crippen molar-refractivity contribution in [3.63, 3.8) is 0 Å². The van der Waals surface area contributed by atoms with Crippen LogP contribution in [-0.4, -0.2) is 41.1 Å². The summed E-state index contributed by atoms with van der Waals surface area (Å²) in [4.78, 5) is 25.0. The fourth-order valence-corrected chi connectivity index (χ4v) is 2.43. The third-order valence-electron chi connectivity index (χ3n) is 2.99. The van der Waals surface area contributed by atoms with Gasteiger partial charge in [-0.15, -0.1) is 0 Å². The van der Waals surface area contributed by atoms with E-state index in [0.717, 1.165) is 25.8 Å². The van der Waals surface area contributed by atoms with Gasteiger partial charge >= 0.3 is 0 Å². The van der Waals surface area contributed by atoms with E-state index in [2.05, 4.69) is 24.9 Å². The zero-order chi connectivity index (χ0) is 12.1. The third kappa shape index (κ3) is 3.14.